The topological polar surface area (TPSA) is 55.1 Å². The molecule has 0 aliphatic heterocycles. The zero-order chi connectivity index (χ0) is 11.7. The summed E-state index contributed by atoms with van der Waals surface area (Å²) in [6, 6.07) is 6.34. The second-order valence-corrected chi connectivity index (χ2v) is 3.78. The van der Waals surface area contributed by atoms with Gasteiger partial charge >= 0.3 is 5.97 Å². The van der Waals surface area contributed by atoms with Gasteiger partial charge in [0.1, 0.15) is 0 Å². The van der Waals surface area contributed by atoms with E-state index in [1.54, 1.807) is 30.1 Å². The van der Waals surface area contributed by atoms with Crippen LogP contribution in [0, 0.1) is 0 Å². The van der Waals surface area contributed by atoms with Crippen LogP contribution < -0.4 is 0 Å². The first kappa shape index (κ1) is 10.7. The van der Waals surface area contributed by atoms with Crippen molar-refractivity contribution in [2.45, 2.75) is 0 Å². The van der Waals surface area contributed by atoms with E-state index in [2.05, 4.69) is 5.10 Å². The molecular formula is C11H9ClN2O2. The van der Waals surface area contributed by atoms with E-state index in [9.17, 15) is 4.79 Å². The molecule has 2 rings (SSSR count). The van der Waals surface area contributed by atoms with E-state index in [1.165, 1.54) is 12.1 Å². The third-order valence-corrected chi connectivity index (χ3v) is 2.53. The molecule has 0 saturated carbocycles. The van der Waals surface area contributed by atoms with Gasteiger partial charge in [0.25, 0.3) is 0 Å². The number of benzene rings is 1. The van der Waals surface area contributed by atoms with E-state index < -0.39 is 5.97 Å². The fourth-order valence-electron chi connectivity index (χ4n) is 1.41. The monoisotopic (exact) mass is 236 g/mol. The highest BCUT2D eigenvalue weighted by Gasteiger charge is 2.10. The zero-order valence-electron chi connectivity index (χ0n) is 8.51. The first-order chi connectivity index (χ1) is 7.58. The van der Waals surface area contributed by atoms with Gasteiger partial charge in [0.15, 0.2) is 0 Å². The molecule has 4 nitrogen and oxygen atoms in total. The number of hydrogen-bond donors (Lipinski definition) is 1. The van der Waals surface area contributed by atoms with Crippen molar-refractivity contribution in [2.24, 2.45) is 7.05 Å². The first-order valence-corrected chi connectivity index (χ1v) is 4.98. The van der Waals surface area contributed by atoms with Crippen LogP contribution in [0.2, 0.25) is 5.02 Å². The smallest absolute Gasteiger partial charge is 0.335 e. The molecule has 82 valence electrons. The minimum absolute atomic E-state index is 0.199. The largest absolute Gasteiger partial charge is 0.478 e. The molecule has 1 N–H and O–H groups in total. The Morgan fingerprint density at radius 2 is 2.19 bits per heavy atom. The van der Waals surface area contributed by atoms with Crippen molar-refractivity contribution < 1.29 is 9.90 Å². The summed E-state index contributed by atoms with van der Waals surface area (Å²) in [4.78, 5) is 10.8. The van der Waals surface area contributed by atoms with E-state index >= 15 is 0 Å². The van der Waals surface area contributed by atoms with Gasteiger partial charge < -0.3 is 5.11 Å². The van der Waals surface area contributed by atoms with Crippen LogP contribution >= 0.6 is 11.6 Å². The average Bonchev–Trinajstić information content (AvgIpc) is 2.65. The van der Waals surface area contributed by atoms with Crippen molar-refractivity contribution in [1.82, 2.24) is 9.78 Å². The maximum atomic E-state index is 10.8. The summed E-state index contributed by atoms with van der Waals surface area (Å²) in [5.74, 6) is -0.978. The van der Waals surface area contributed by atoms with Gasteiger partial charge in [-0.05, 0) is 24.3 Å². The van der Waals surface area contributed by atoms with Crippen molar-refractivity contribution in [3.8, 4) is 11.3 Å². The minimum atomic E-state index is -0.978. The predicted molar refractivity (Wildman–Crippen MR) is 60.6 cm³/mol. The van der Waals surface area contributed by atoms with Crippen LogP contribution in [0.3, 0.4) is 0 Å². The van der Waals surface area contributed by atoms with Gasteiger partial charge in [-0.15, -0.1) is 0 Å². The van der Waals surface area contributed by atoms with Gasteiger partial charge in [-0.1, -0.05) is 11.6 Å². The second kappa shape index (κ2) is 3.98. The Kier molecular flexibility index (Phi) is 2.66. The van der Waals surface area contributed by atoms with Crippen molar-refractivity contribution in [1.29, 1.82) is 0 Å². The number of carboxylic acids is 1. The minimum Gasteiger partial charge on any atom is -0.478 e. The molecular weight excluding hydrogens is 228 g/mol. The van der Waals surface area contributed by atoms with Gasteiger partial charge in [-0.3, -0.25) is 4.68 Å². The molecule has 0 aliphatic carbocycles. The first-order valence-electron chi connectivity index (χ1n) is 4.61. The Hall–Kier alpha value is -1.81. The van der Waals surface area contributed by atoms with Crippen LogP contribution in [0.4, 0.5) is 0 Å². The molecule has 0 atom stereocenters. The lowest BCUT2D eigenvalue weighted by Gasteiger charge is -2.02. The van der Waals surface area contributed by atoms with E-state index in [4.69, 9.17) is 16.7 Å². The fraction of sp³-hybridized carbons (Fsp3) is 0.0909. The van der Waals surface area contributed by atoms with Gasteiger partial charge in [0.05, 0.1) is 16.3 Å². The van der Waals surface area contributed by atoms with Crippen molar-refractivity contribution >= 4 is 17.6 Å². The predicted octanol–water partition coefficient (Wildman–Crippen LogP) is 2.44. The third-order valence-electron chi connectivity index (χ3n) is 2.20. The van der Waals surface area contributed by atoms with Crippen molar-refractivity contribution in [2.75, 3.05) is 0 Å². The fourth-order valence-corrected chi connectivity index (χ4v) is 1.63. The number of hydrogen-bond acceptors (Lipinski definition) is 2. The molecule has 0 bridgehead atoms. The van der Waals surface area contributed by atoms with Crippen molar-refractivity contribution in [3.63, 3.8) is 0 Å². The Labute approximate surface area is 97.1 Å². The van der Waals surface area contributed by atoms with E-state index in [0.29, 0.717) is 16.3 Å². The van der Waals surface area contributed by atoms with Crippen LogP contribution in [0.5, 0.6) is 0 Å². The molecule has 0 aliphatic rings. The molecule has 16 heavy (non-hydrogen) atoms. The summed E-state index contributed by atoms with van der Waals surface area (Å²) in [5.41, 5.74) is 1.49. The maximum absolute atomic E-state index is 10.8. The van der Waals surface area contributed by atoms with Crippen LogP contribution in [0.15, 0.2) is 30.5 Å². The maximum Gasteiger partial charge on any atom is 0.335 e. The molecule has 1 heterocycles. The molecule has 0 spiro atoms. The standard InChI is InChI=1S/C11H9ClN2O2/c1-14-5-4-10(13-14)8-6-7(11(15)16)2-3-9(8)12/h2-6H,1H3,(H,15,16). The zero-order valence-corrected chi connectivity index (χ0v) is 9.27. The van der Waals surface area contributed by atoms with E-state index in [1.807, 2.05) is 0 Å². The van der Waals surface area contributed by atoms with Gasteiger partial charge in [-0.25, -0.2) is 4.79 Å². The van der Waals surface area contributed by atoms with E-state index in [-0.39, 0.29) is 5.56 Å². The number of carboxylic acid groups (broad SMARTS) is 1. The van der Waals surface area contributed by atoms with Crippen LogP contribution in [-0.2, 0) is 7.05 Å². The number of rotatable bonds is 2. The molecule has 0 saturated heterocycles. The summed E-state index contributed by atoms with van der Waals surface area (Å²) in [6.07, 6.45) is 1.78. The molecule has 0 amide bonds. The number of aryl methyl sites for hydroxylation is 1. The number of halogens is 1. The average molecular weight is 237 g/mol. The Balaban J connectivity index is 2.55. The molecule has 5 heteroatoms. The van der Waals surface area contributed by atoms with Crippen LogP contribution in [-0.4, -0.2) is 20.9 Å². The second-order valence-electron chi connectivity index (χ2n) is 3.37. The van der Waals surface area contributed by atoms with Gasteiger partial charge in [0.2, 0.25) is 0 Å². The molecule has 2 aromatic rings. The normalized spacial score (nSPS) is 10.4. The highest BCUT2D eigenvalue weighted by Crippen LogP contribution is 2.27. The Morgan fingerprint density at radius 1 is 1.44 bits per heavy atom. The third kappa shape index (κ3) is 1.92. The van der Waals surface area contributed by atoms with E-state index in [0.717, 1.165) is 0 Å². The molecule has 0 unspecified atom stereocenters. The van der Waals surface area contributed by atoms with Gasteiger partial charge in [0, 0.05) is 18.8 Å². The molecule has 0 fully saturated rings. The molecule has 1 aromatic carbocycles. The summed E-state index contributed by atoms with van der Waals surface area (Å²) in [5, 5.41) is 13.6. The number of aromatic carboxylic acids is 1. The number of aromatic nitrogens is 2. The van der Waals surface area contributed by atoms with Crippen LogP contribution in [0.25, 0.3) is 11.3 Å². The lowest BCUT2D eigenvalue weighted by Crippen LogP contribution is -1.97. The quantitative estimate of drug-likeness (QED) is 0.871. The lowest BCUT2D eigenvalue weighted by molar-refractivity contribution is 0.0697. The summed E-state index contributed by atoms with van der Waals surface area (Å²) in [6.45, 7) is 0. The molecule has 1 aromatic heterocycles. The summed E-state index contributed by atoms with van der Waals surface area (Å²) in [7, 11) is 1.79. The summed E-state index contributed by atoms with van der Waals surface area (Å²) < 4.78 is 1.64. The Bertz CT molecular complexity index is 549. The van der Waals surface area contributed by atoms with Crippen LogP contribution in [0.1, 0.15) is 10.4 Å². The highest BCUT2D eigenvalue weighted by atomic mass is 35.5. The van der Waals surface area contributed by atoms with Gasteiger partial charge in [-0.2, -0.15) is 5.10 Å². The highest BCUT2D eigenvalue weighted by molar-refractivity contribution is 6.33. The Morgan fingerprint density at radius 3 is 2.75 bits per heavy atom. The summed E-state index contributed by atoms with van der Waals surface area (Å²) >= 11 is 6.00. The molecule has 0 radical (unpaired) electrons. The number of carbonyl (C=O) groups is 1. The number of nitrogens with zero attached hydrogens (tertiary/aromatic N) is 2. The van der Waals surface area contributed by atoms with Crippen molar-refractivity contribution in [3.05, 3.63) is 41.0 Å². The SMILES string of the molecule is Cn1ccc(-c2cc(C(=O)O)ccc2Cl)n1. The lowest BCUT2D eigenvalue weighted by atomic mass is 10.1.